The summed E-state index contributed by atoms with van der Waals surface area (Å²) >= 11 is 0. The fraction of sp³-hybridized carbons (Fsp3) is 0.375. The summed E-state index contributed by atoms with van der Waals surface area (Å²) in [6.45, 7) is 3.99. The Morgan fingerprint density at radius 1 is 1.30 bits per heavy atom. The SMILES string of the molecule is CC1CCN(c2c(C#N)c(=O)oc3ccccc23)CC1. The van der Waals surface area contributed by atoms with Gasteiger partial charge in [0.25, 0.3) is 0 Å². The highest BCUT2D eigenvalue weighted by molar-refractivity contribution is 5.93. The lowest BCUT2D eigenvalue weighted by Gasteiger charge is -2.33. The van der Waals surface area contributed by atoms with Gasteiger partial charge >= 0.3 is 5.63 Å². The fourth-order valence-corrected chi connectivity index (χ4v) is 2.79. The minimum Gasteiger partial charge on any atom is -0.422 e. The van der Waals surface area contributed by atoms with E-state index in [0.717, 1.165) is 37.0 Å². The van der Waals surface area contributed by atoms with Gasteiger partial charge in [0, 0.05) is 18.5 Å². The average molecular weight is 268 g/mol. The summed E-state index contributed by atoms with van der Waals surface area (Å²) in [5.41, 5.74) is 0.870. The molecule has 4 heteroatoms. The van der Waals surface area contributed by atoms with E-state index < -0.39 is 5.63 Å². The summed E-state index contributed by atoms with van der Waals surface area (Å²) in [5, 5.41) is 10.2. The van der Waals surface area contributed by atoms with Crippen LogP contribution in [0.1, 0.15) is 25.3 Å². The number of fused-ring (bicyclic) bond motifs is 1. The van der Waals surface area contributed by atoms with Crippen LogP contribution in [-0.4, -0.2) is 13.1 Å². The summed E-state index contributed by atoms with van der Waals surface area (Å²) in [4.78, 5) is 14.1. The van der Waals surface area contributed by atoms with Crippen LogP contribution in [0, 0.1) is 17.2 Å². The Bertz CT molecular complexity index is 734. The van der Waals surface area contributed by atoms with Crippen molar-refractivity contribution in [1.29, 1.82) is 5.26 Å². The van der Waals surface area contributed by atoms with Gasteiger partial charge in [0.1, 0.15) is 11.7 Å². The van der Waals surface area contributed by atoms with Crippen LogP contribution >= 0.6 is 0 Å². The van der Waals surface area contributed by atoms with Gasteiger partial charge in [-0.25, -0.2) is 4.79 Å². The summed E-state index contributed by atoms with van der Waals surface area (Å²) in [7, 11) is 0. The molecular weight excluding hydrogens is 252 g/mol. The molecule has 2 aromatic rings. The number of nitriles is 1. The summed E-state index contributed by atoms with van der Waals surface area (Å²) in [6.07, 6.45) is 2.17. The molecule has 0 spiro atoms. The normalized spacial score (nSPS) is 16.3. The third kappa shape index (κ3) is 2.05. The van der Waals surface area contributed by atoms with Crippen molar-refractivity contribution in [3.63, 3.8) is 0 Å². The fourth-order valence-electron chi connectivity index (χ4n) is 2.79. The van der Waals surface area contributed by atoms with Crippen molar-refractivity contribution in [3.05, 3.63) is 40.2 Å². The molecule has 102 valence electrons. The quantitative estimate of drug-likeness (QED) is 0.746. The van der Waals surface area contributed by atoms with Gasteiger partial charge in [0.05, 0.1) is 5.69 Å². The molecule has 20 heavy (non-hydrogen) atoms. The number of nitrogens with zero attached hydrogens (tertiary/aromatic N) is 2. The maximum absolute atomic E-state index is 12.0. The van der Waals surface area contributed by atoms with Gasteiger partial charge in [0.15, 0.2) is 5.56 Å². The van der Waals surface area contributed by atoms with E-state index in [0.29, 0.717) is 11.5 Å². The molecule has 1 aliphatic rings. The minimum absolute atomic E-state index is 0.123. The monoisotopic (exact) mass is 268 g/mol. The van der Waals surface area contributed by atoms with Crippen molar-refractivity contribution in [2.24, 2.45) is 5.92 Å². The second kappa shape index (κ2) is 5.01. The molecule has 1 aromatic heterocycles. The summed E-state index contributed by atoms with van der Waals surface area (Å²) in [6, 6.07) is 9.43. The zero-order valence-electron chi connectivity index (χ0n) is 11.4. The Hall–Kier alpha value is -2.28. The number of benzene rings is 1. The molecular formula is C16H16N2O2. The molecule has 1 saturated heterocycles. The third-order valence-electron chi connectivity index (χ3n) is 4.00. The highest BCUT2D eigenvalue weighted by Gasteiger charge is 2.23. The van der Waals surface area contributed by atoms with E-state index >= 15 is 0 Å². The van der Waals surface area contributed by atoms with Crippen LogP contribution in [0.5, 0.6) is 0 Å². The van der Waals surface area contributed by atoms with Crippen LogP contribution in [0.2, 0.25) is 0 Å². The van der Waals surface area contributed by atoms with Gasteiger partial charge in [-0.15, -0.1) is 0 Å². The van der Waals surface area contributed by atoms with Crippen LogP contribution in [0.15, 0.2) is 33.5 Å². The molecule has 0 radical (unpaired) electrons. The van der Waals surface area contributed by atoms with E-state index in [2.05, 4.69) is 11.8 Å². The van der Waals surface area contributed by atoms with Crippen molar-refractivity contribution in [2.45, 2.75) is 19.8 Å². The second-order valence-corrected chi connectivity index (χ2v) is 5.39. The first-order chi connectivity index (χ1) is 9.70. The molecule has 3 rings (SSSR count). The van der Waals surface area contributed by atoms with E-state index in [-0.39, 0.29) is 5.56 Å². The largest absolute Gasteiger partial charge is 0.422 e. The molecule has 0 saturated carbocycles. The first-order valence-electron chi connectivity index (χ1n) is 6.91. The molecule has 4 nitrogen and oxygen atoms in total. The Labute approximate surface area is 117 Å². The number of piperidine rings is 1. The third-order valence-corrected chi connectivity index (χ3v) is 4.00. The van der Waals surface area contributed by atoms with Gasteiger partial charge in [-0.05, 0) is 30.9 Å². The summed E-state index contributed by atoms with van der Waals surface area (Å²) < 4.78 is 5.23. The molecule has 0 N–H and O–H groups in total. The van der Waals surface area contributed by atoms with Gasteiger partial charge in [0.2, 0.25) is 0 Å². The molecule has 0 aliphatic carbocycles. The van der Waals surface area contributed by atoms with Crippen LogP contribution in [-0.2, 0) is 0 Å². The lowest BCUT2D eigenvalue weighted by molar-refractivity contribution is 0.438. The number of para-hydroxylation sites is 1. The van der Waals surface area contributed by atoms with Crippen molar-refractivity contribution >= 4 is 16.7 Å². The van der Waals surface area contributed by atoms with Crippen molar-refractivity contribution in [3.8, 4) is 6.07 Å². The predicted octanol–water partition coefficient (Wildman–Crippen LogP) is 2.90. The Balaban J connectivity index is 2.22. The number of anilines is 1. The van der Waals surface area contributed by atoms with Gasteiger partial charge in [-0.1, -0.05) is 19.1 Å². The van der Waals surface area contributed by atoms with Crippen LogP contribution < -0.4 is 10.5 Å². The van der Waals surface area contributed by atoms with Crippen LogP contribution in [0.4, 0.5) is 5.69 Å². The van der Waals surface area contributed by atoms with E-state index in [4.69, 9.17) is 4.42 Å². The van der Waals surface area contributed by atoms with Gasteiger partial charge < -0.3 is 9.32 Å². The van der Waals surface area contributed by atoms with Crippen molar-refractivity contribution < 1.29 is 4.42 Å². The van der Waals surface area contributed by atoms with Crippen molar-refractivity contribution in [1.82, 2.24) is 0 Å². The topological polar surface area (TPSA) is 57.2 Å². The average Bonchev–Trinajstić information content (AvgIpc) is 2.47. The first-order valence-corrected chi connectivity index (χ1v) is 6.91. The van der Waals surface area contributed by atoms with Gasteiger partial charge in [-0.2, -0.15) is 5.26 Å². The number of hydrogen-bond donors (Lipinski definition) is 0. The molecule has 0 bridgehead atoms. The van der Waals surface area contributed by atoms with E-state index in [1.54, 1.807) is 6.07 Å². The number of hydrogen-bond acceptors (Lipinski definition) is 4. The lowest BCUT2D eigenvalue weighted by Crippen LogP contribution is -2.34. The minimum atomic E-state index is -0.542. The standard InChI is InChI=1S/C16H16N2O2/c1-11-6-8-18(9-7-11)15-12-4-2-3-5-14(12)20-16(19)13(15)10-17/h2-5,11H,6-9H2,1H3. The van der Waals surface area contributed by atoms with Crippen molar-refractivity contribution in [2.75, 3.05) is 18.0 Å². The Morgan fingerprint density at radius 3 is 2.70 bits per heavy atom. The highest BCUT2D eigenvalue weighted by Crippen LogP contribution is 2.31. The van der Waals surface area contributed by atoms with E-state index in [1.165, 1.54) is 0 Å². The maximum atomic E-state index is 12.0. The zero-order chi connectivity index (χ0) is 14.1. The van der Waals surface area contributed by atoms with Gasteiger partial charge in [-0.3, -0.25) is 0 Å². The molecule has 2 heterocycles. The Morgan fingerprint density at radius 2 is 2.00 bits per heavy atom. The molecule has 1 aliphatic heterocycles. The van der Waals surface area contributed by atoms with Crippen LogP contribution in [0.25, 0.3) is 11.0 Å². The Kier molecular flexibility index (Phi) is 3.19. The highest BCUT2D eigenvalue weighted by atomic mass is 16.4. The van der Waals surface area contributed by atoms with E-state index in [1.807, 2.05) is 24.3 Å². The molecule has 1 fully saturated rings. The van der Waals surface area contributed by atoms with E-state index in [9.17, 15) is 10.1 Å². The first kappa shape index (κ1) is 12.7. The smallest absolute Gasteiger partial charge is 0.356 e. The molecule has 0 atom stereocenters. The predicted molar refractivity (Wildman–Crippen MR) is 77.8 cm³/mol. The van der Waals surface area contributed by atoms with Crippen LogP contribution in [0.3, 0.4) is 0 Å². The summed E-state index contributed by atoms with van der Waals surface area (Å²) in [5.74, 6) is 0.697. The molecule has 1 aromatic carbocycles. The molecule has 0 amide bonds. The molecule has 0 unspecified atom stereocenters. The zero-order valence-corrected chi connectivity index (χ0v) is 11.4. The second-order valence-electron chi connectivity index (χ2n) is 5.39. The lowest BCUT2D eigenvalue weighted by atomic mass is 9.97. The number of rotatable bonds is 1. The maximum Gasteiger partial charge on any atom is 0.356 e.